The molecule has 1 N–H and O–H groups in total. The van der Waals surface area contributed by atoms with Crippen molar-refractivity contribution in [2.24, 2.45) is 0 Å². The highest BCUT2D eigenvalue weighted by Gasteiger charge is 2.16. The average Bonchev–Trinajstić information content (AvgIpc) is 2.46. The second kappa shape index (κ2) is 4.24. The third-order valence-corrected chi connectivity index (χ3v) is 3.15. The zero-order valence-corrected chi connectivity index (χ0v) is 7.89. The molecule has 0 spiro atoms. The van der Waals surface area contributed by atoms with Gasteiger partial charge < -0.3 is 10.2 Å². The van der Waals surface area contributed by atoms with Crippen LogP contribution in [0.2, 0.25) is 0 Å². The zero-order valence-electron chi connectivity index (χ0n) is 7.89. The molecule has 0 bridgehead atoms. The molecule has 12 heavy (non-hydrogen) atoms. The number of nitrogens with zero attached hydrogens (tertiary/aromatic N) is 1. The Hall–Kier alpha value is -0.0800. The van der Waals surface area contributed by atoms with Crippen LogP contribution in [0.4, 0.5) is 0 Å². The van der Waals surface area contributed by atoms with Crippen LogP contribution in [-0.2, 0) is 0 Å². The summed E-state index contributed by atoms with van der Waals surface area (Å²) in [5, 5.41) is 3.45. The molecule has 1 atom stereocenters. The van der Waals surface area contributed by atoms with Gasteiger partial charge in [0, 0.05) is 6.04 Å². The van der Waals surface area contributed by atoms with Gasteiger partial charge in [-0.3, -0.25) is 0 Å². The van der Waals surface area contributed by atoms with Crippen LogP contribution in [0.3, 0.4) is 0 Å². The predicted octanol–water partition coefficient (Wildman–Crippen LogP) is 1.22. The Morgan fingerprint density at radius 3 is 2.58 bits per heavy atom. The summed E-state index contributed by atoms with van der Waals surface area (Å²) in [5.74, 6) is 0. The Labute approximate surface area is 75.3 Å². The molecular weight excluding hydrogens is 148 g/mol. The van der Waals surface area contributed by atoms with E-state index in [1.54, 1.807) is 0 Å². The normalized spacial score (nSPS) is 30.5. The Morgan fingerprint density at radius 1 is 1.25 bits per heavy atom. The molecule has 2 heteroatoms. The van der Waals surface area contributed by atoms with Crippen LogP contribution >= 0.6 is 0 Å². The van der Waals surface area contributed by atoms with E-state index < -0.39 is 0 Å². The van der Waals surface area contributed by atoms with Crippen molar-refractivity contribution in [2.75, 3.05) is 26.2 Å². The number of rotatable bonds is 4. The molecular formula is C10H20N2. The third kappa shape index (κ3) is 2.20. The van der Waals surface area contributed by atoms with Gasteiger partial charge in [0.2, 0.25) is 0 Å². The molecule has 0 aromatic rings. The van der Waals surface area contributed by atoms with E-state index in [-0.39, 0.29) is 0 Å². The summed E-state index contributed by atoms with van der Waals surface area (Å²) in [6.45, 7) is 5.32. The summed E-state index contributed by atoms with van der Waals surface area (Å²) >= 11 is 0. The third-order valence-electron chi connectivity index (χ3n) is 3.15. The molecule has 0 radical (unpaired) electrons. The standard InChI is InChI=1S/C10H20N2/c1-2-8-12(7-1)9-3-4-10-5-6-11-10/h10-11H,1-9H2. The Morgan fingerprint density at radius 2 is 2.00 bits per heavy atom. The SMILES string of the molecule is C1CCN(CCCC2CCN2)C1. The predicted molar refractivity (Wildman–Crippen MR) is 51.3 cm³/mol. The average molecular weight is 168 g/mol. The van der Waals surface area contributed by atoms with Gasteiger partial charge in [-0.15, -0.1) is 0 Å². The minimum Gasteiger partial charge on any atom is -0.314 e. The number of nitrogens with one attached hydrogen (secondary N) is 1. The van der Waals surface area contributed by atoms with Crippen LogP contribution in [0.25, 0.3) is 0 Å². The molecule has 0 saturated carbocycles. The first-order chi connectivity index (χ1) is 5.95. The largest absolute Gasteiger partial charge is 0.314 e. The summed E-state index contributed by atoms with van der Waals surface area (Å²) in [4.78, 5) is 2.61. The second-order valence-electron chi connectivity index (χ2n) is 4.13. The smallest absolute Gasteiger partial charge is 0.00796 e. The van der Waals surface area contributed by atoms with E-state index in [9.17, 15) is 0 Å². The fourth-order valence-corrected chi connectivity index (χ4v) is 2.16. The van der Waals surface area contributed by atoms with Crippen LogP contribution in [0, 0.1) is 0 Å². The molecule has 2 nitrogen and oxygen atoms in total. The van der Waals surface area contributed by atoms with Crippen LogP contribution in [-0.4, -0.2) is 37.1 Å². The van der Waals surface area contributed by atoms with Crippen molar-refractivity contribution in [1.82, 2.24) is 10.2 Å². The van der Waals surface area contributed by atoms with Gasteiger partial charge >= 0.3 is 0 Å². The summed E-state index contributed by atoms with van der Waals surface area (Å²) in [5.41, 5.74) is 0. The zero-order chi connectivity index (χ0) is 8.23. The van der Waals surface area contributed by atoms with E-state index in [1.165, 1.54) is 58.3 Å². The molecule has 0 aliphatic carbocycles. The summed E-state index contributed by atoms with van der Waals surface area (Å²) in [7, 11) is 0. The highest BCUT2D eigenvalue weighted by atomic mass is 15.1. The lowest BCUT2D eigenvalue weighted by atomic mass is 10.0. The molecule has 1 unspecified atom stereocenters. The second-order valence-corrected chi connectivity index (χ2v) is 4.13. The lowest BCUT2D eigenvalue weighted by Gasteiger charge is -2.28. The number of hydrogen-bond donors (Lipinski definition) is 1. The molecule has 0 aromatic heterocycles. The molecule has 2 saturated heterocycles. The van der Waals surface area contributed by atoms with Gasteiger partial charge in [0.25, 0.3) is 0 Å². The van der Waals surface area contributed by atoms with Crippen molar-refractivity contribution in [1.29, 1.82) is 0 Å². The van der Waals surface area contributed by atoms with Crippen molar-refractivity contribution in [3.63, 3.8) is 0 Å². The van der Waals surface area contributed by atoms with Gasteiger partial charge in [0.05, 0.1) is 0 Å². The van der Waals surface area contributed by atoms with Crippen molar-refractivity contribution >= 4 is 0 Å². The van der Waals surface area contributed by atoms with Gasteiger partial charge in [0.15, 0.2) is 0 Å². The molecule has 2 aliphatic heterocycles. The Bertz CT molecular complexity index is 126. The maximum Gasteiger partial charge on any atom is 0.00796 e. The molecule has 0 amide bonds. The highest BCUT2D eigenvalue weighted by molar-refractivity contribution is 4.77. The van der Waals surface area contributed by atoms with Crippen LogP contribution < -0.4 is 5.32 Å². The quantitative estimate of drug-likeness (QED) is 0.679. The summed E-state index contributed by atoms with van der Waals surface area (Å²) < 4.78 is 0. The first-order valence-electron chi connectivity index (χ1n) is 5.41. The van der Waals surface area contributed by atoms with E-state index >= 15 is 0 Å². The minimum atomic E-state index is 0.868. The van der Waals surface area contributed by atoms with Crippen LogP contribution in [0.15, 0.2) is 0 Å². The van der Waals surface area contributed by atoms with Gasteiger partial charge in [0.1, 0.15) is 0 Å². The van der Waals surface area contributed by atoms with Gasteiger partial charge in [-0.2, -0.15) is 0 Å². The van der Waals surface area contributed by atoms with E-state index in [2.05, 4.69) is 10.2 Å². The molecule has 2 fully saturated rings. The summed E-state index contributed by atoms with van der Waals surface area (Å²) in [6.07, 6.45) is 7.08. The van der Waals surface area contributed by atoms with Crippen molar-refractivity contribution < 1.29 is 0 Å². The maximum absolute atomic E-state index is 3.45. The van der Waals surface area contributed by atoms with Crippen LogP contribution in [0.5, 0.6) is 0 Å². The van der Waals surface area contributed by atoms with E-state index in [0.29, 0.717) is 0 Å². The molecule has 2 rings (SSSR count). The lowest BCUT2D eigenvalue weighted by molar-refractivity contribution is 0.292. The minimum absolute atomic E-state index is 0.868. The van der Waals surface area contributed by atoms with Gasteiger partial charge in [-0.05, 0) is 58.3 Å². The number of likely N-dealkylation sites (tertiary alicyclic amines) is 1. The molecule has 70 valence electrons. The van der Waals surface area contributed by atoms with E-state index in [4.69, 9.17) is 0 Å². The van der Waals surface area contributed by atoms with Crippen molar-refractivity contribution in [2.45, 2.75) is 38.1 Å². The number of hydrogen-bond acceptors (Lipinski definition) is 2. The molecule has 0 aromatic carbocycles. The highest BCUT2D eigenvalue weighted by Crippen LogP contribution is 2.12. The van der Waals surface area contributed by atoms with E-state index in [1.807, 2.05) is 0 Å². The van der Waals surface area contributed by atoms with Crippen molar-refractivity contribution in [3.05, 3.63) is 0 Å². The topological polar surface area (TPSA) is 15.3 Å². The van der Waals surface area contributed by atoms with Gasteiger partial charge in [-0.25, -0.2) is 0 Å². The maximum atomic E-state index is 3.45. The fraction of sp³-hybridized carbons (Fsp3) is 1.00. The Balaban J connectivity index is 1.49. The van der Waals surface area contributed by atoms with Crippen LogP contribution in [0.1, 0.15) is 32.1 Å². The Kier molecular flexibility index (Phi) is 3.01. The first-order valence-corrected chi connectivity index (χ1v) is 5.41. The first kappa shape index (κ1) is 8.52. The van der Waals surface area contributed by atoms with Crippen molar-refractivity contribution in [3.8, 4) is 0 Å². The molecule has 2 aliphatic rings. The fourth-order valence-electron chi connectivity index (χ4n) is 2.16. The summed E-state index contributed by atoms with van der Waals surface area (Å²) in [6, 6.07) is 0.868. The lowest BCUT2D eigenvalue weighted by Crippen LogP contribution is -2.43. The van der Waals surface area contributed by atoms with E-state index in [0.717, 1.165) is 6.04 Å². The molecule has 2 heterocycles. The monoisotopic (exact) mass is 168 g/mol. The van der Waals surface area contributed by atoms with Gasteiger partial charge in [-0.1, -0.05) is 0 Å².